The summed E-state index contributed by atoms with van der Waals surface area (Å²) in [5.74, 6) is -0.00915. The van der Waals surface area contributed by atoms with Crippen LogP contribution in [0.25, 0.3) is 0 Å². The predicted octanol–water partition coefficient (Wildman–Crippen LogP) is 2.87. The van der Waals surface area contributed by atoms with E-state index in [4.69, 9.17) is 0 Å². The van der Waals surface area contributed by atoms with Crippen molar-refractivity contribution in [2.75, 3.05) is 6.54 Å². The van der Waals surface area contributed by atoms with Crippen molar-refractivity contribution in [1.82, 2.24) is 10.2 Å². The van der Waals surface area contributed by atoms with Gasteiger partial charge in [0.05, 0.1) is 0 Å². The lowest BCUT2D eigenvalue weighted by molar-refractivity contribution is -0.141. The number of rotatable bonds is 6. The summed E-state index contributed by atoms with van der Waals surface area (Å²) in [6.07, 6.45) is 1.75. The molecule has 1 aliphatic heterocycles. The SMILES string of the molecule is CC(C)CCNC(=O)[C@]1(C)CCC(=O)N1Cc1cccc(F)c1. The number of carbonyl (C=O) groups excluding carboxylic acids is 2. The number of nitrogens with one attached hydrogen (secondary N) is 1. The second kappa shape index (κ2) is 7.11. The van der Waals surface area contributed by atoms with Gasteiger partial charge in [0.1, 0.15) is 11.4 Å². The molecule has 0 aromatic heterocycles. The van der Waals surface area contributed by atoms with E-state index in [1.807, 2.05) is 0 Å². The summed E-state index contributed by atoms with van der Waals surface area (Å²) < 4.78 is 13.3. The second-order valence-electron chi connectivity index (χ2n) is 6.82. The highest BCUT2D eigenvalue weighted by atomic mass is 19.1. The number of hydrogen-bond donors (Lipinski definition) is 1. The van der Waals surface area contributed by atoms with Crippen molar-refractivity contribution in [3.8, 4) is 0 Å². The van der Waals surface area contributed by atoms with Gasteiger partial charge in [0, 0.05) is 19.5 Å². The zero-order valence-corrected chi connectivity index (χ0v) is 14.1. The van der Waals surface area contributed by atoms with Gasteiger partial charge in [-0.1, -0.05) is 26.0 Å². The van der Waals surface area contributed by atoms with Gasteiger partial charge in [-0.25, -0.2) is 4.39 Å². The van der Waals surface area contributed by atoms with E-state index in [0.29, 0.717) is 30.9 Å². The second-order valence-corrected chi connectivity index (χ2v) is 6.82. The topological polar surface area (TPSA) is 49.4 Å². The van der Waals surface area contributed by atoms with Crippen LogP contribution in [0.2, 0.25) is 0 Å². The number of benzene rings is 1. The van der Waals surface area contributed by atoms with E-state index in [1.165, 1.54) is 12.1 Å². The van der Waals surface area contributed by atoms with Crippen molar-refractivity contribution in [2.45, 2.75) is 52.1 Å². The molecular formula is C18H25FN2O2. The molecule has 1 atom stereocenters. The Bertz CT molecular complexity index is 588. The van der Waals surface area contributed by atoms with Crippen LogP contribution in [0.15, 0.2) is 24.3 Å². The molecule has 2 rings (SSSR count). The molecule has 1 heterocycles. The molecule has 0 aliphatic carbocycles. The van der Waals surface area contributed by atoms with Gasteiger partial charge in [-0.15, -0.1) is 0 Å². The van der Waals surface area contributed by atoms with E-state index >= 15 is 0 Å². The van der Waals surface area contributed by atoms with Gasteiger partial charge in [-0.05, 0) is 43.4 Å². The molecule has 0 saturated carbocycles. The molecule has 5 heteroatoms. The standard InChI is InChI=1S/C18H25FN2O2/c1-13(2)8-10-20-17(23)18(3)9-7-16(22)21(18)12-14-5-4-6-15(19)11-14/h4-6,11,13H,7-10,12H2,1-3H3,(H,20,23)/t18-/m0/s1. The first-order valence-electron chi connectivity index (χ1n) is 8.16. The number of amides is 2. The van der Waals surface area contributed by atoms with E-state index < -0.39 is 5.54 Å². The number of likely N-dealkylation sites (tertiary alicyclic amines) is 1. The molecule has 1 saturated heterocycles. The van der Waals surface area contributed by atoms with Gasteiger partial charge in [-0.2, -0.15) is 0 Å². The summed E-state index contributed by atoms with van der Waals surface area (Å²) in [5, 5.41) is 2.94. The summed E-state index contributed by atoms with van der Waals surface area (Å²) >= 11 is 0. The molecule has 0 unspecified atom stereocenters. The Balaban J connectivity index is 2.09. The molecular weight excluding hydrogens is 295 g/mol. The van der Waals surface area contributed by atoms with Crippen LogP contribution < -0.4 is 5.32 Å². The molecule has 1 aliphatic rings. The predicted molar refractivity (Wildman–Crippen MR) is 87.1 cm³/mol. The summed E-state index contributed by atoms with van der Waals surface area (Å²) in [7, 11) is 0. The quantitative estimate of drug-likeness (QED) is 0.876. The maximum absolute atomic E-state index is 13.3. The lowest BCUT2D eigenvalue weighted by Crippen LogP contribution is -2.54. The Morgan fingerprint density at radius 2 is 2.17 bits per heavy atom. The fourth-order valence-electron chi connectivity index (χ4n) is 2.88. The van der Waals surface area contributed by atoms with Crippen LogP contribution in [0, 0.1) is 11.7 Å². The minimum Gasteiger partial charge on any atom is -0.354 e. The molecule has 126 valence electrons. The third kappa shape index (κ3) is 4.09. The van der Waals surface area contributed by atoms with Gasteiger partial charge in [-0.3, -0.25) is 9.59 Å². The van der Waals surface area contributed by atoms with Crippen molar-refractivity contribution in [3.05, 3.63) is 35.6 Å². The van der Waals surface area contributed by atoms with Crippen molar-refractivity contribution in [2.24, 2.45) is 5.92 Å². The number of carbonyl (C=O) groups is 2. The highest BCUT2D eigenvalue weighted by Gasteiger charge is 2.46. The first-order valence-corrected chi connectivity index (χ1v) is 8.16. The summed E-state index contributed by atoms with van der Waals surface area (Å²) in [6, 6.07) is 6.16. The highest BCUT2D eigenvalue weighted by Crippen LogP contribution is 2.32. The first kappa shape index (κ1) is 17.4. The van der Waals surface area contributed by atoms with Crippen LogP contribution in [0.4, 0.5) is 4.39 Å². The van der Waals surface area contributed by atoms with E-state index in [-0.39, 0.29) is 24.2 Å². The van der Waals surface area contributed by atoms with E-state index in [1.54, 1.807) is 24.0 Å². The van der Waals surface area contributed by atoms with Crippen LogP contribution in [0.3, 0.4) is 0 Å². The van der Waals surface area contributed by atoms with Crippen molar-refractivity contribution in [1.29, 1.82) is 0 Å². The molecule has 4 nitrogen and oxygen atoms in total. The minimum atomic E-state index is -0.861. The van der Waals surface area contributed by atoms with Crippen LogP contribution in [0.5, 0.6) is 0 Å². The molecule has 2 amide bonds. The lowest BCUT2D eigenvalue weighted by Gasteiger charge is -2.34. The molecule has 1 fully saturated rings. The average molecular weight is 320 g/mol. The highest BCUT2D eigenvalue weighted by molar-refractivity contribution is 5.94. The molecule has 0 bridgehead atoms. The normalized spacial score (nSPS) is 21.1. The molecule has 1 N–H and O–H groups in total. The monoisotopic (exact) mass is 320 g/mol. The Morgan fingerprint density at radius 3 is 2.83 bits per heavy atom. The fraction of sp³-hybridized carbons (Fsp3) is 0.556. The zero-order chi connectivity index (χ0) is 17.0. The van der Waals surface area contributed by atoms with Crippen LogP contribution >= 0.6 is 0 Å². The minimum absolute atomic E-state index is 0.0595. The molecule has 23 heavy (non-hydrogen) atoms. The molecule has 1 aromatic carbocycles. The molecule has 0 radical (unpaired) electrons. The Hall–Kier alpha value is -1.91. The Morgan fingerprint density at radius 1 is 1.43 bits per heavy atom. The zero-order valence-electron chi connectivity index (χ0n) is 14.1. The first-order chi connectivity index (χ1) is 10.8. The lowest BCUT2D eigenvalue weighted by atomic mass is 9.96. The smallest absolute Gasteiger partial charge is 0.245 e. The van der Waals surface area contributed by atoms with Gasteiger partial charge in [0.15, 0.2) is 0 Å². The molecule has 0 spiro atoms. The third-order valence-corrected chi connectivity index (χ3v) is 4.45. The van der Waals surface area contributed by atoms with Crippen molar-refractivity contribution >= 4 is 11.8 Å². The Labute approximate surface area is 137 Å². The maximum Gasteiger partial charge on any atom is 0.245 e. The van der Waals surface area contributed by atoms with E-state index in [0.717, 1.165) is 6.42 Å². The van der Waals surface area contributed by atoms with Crippen LogP contribution in [-0.2, 0) is 16.1 Å². The number of halogens is 1. The largest absolute Gasteiger partial charge is 0.354 e. The summed E-state index contributed by atoms with van der Waals surface area (Å²) in [6.45, 7) is 6.85. The maximum atomic E-state index is 13.3. The van der Waals surface area contributed by atoms with Crippen molar-refractivity contribution < 1.29 is 14.0 Å². The van der Waals surface area contributed by atoms with Crippen molar-refractivity contribution in [3.63, 3.8) is 0 Å². The summed E-state index contributed by atoms with van der Waals surface area (Å²) in [4.78, 5) is 26.4. The van der Waals surface area contributed by atoms with Crippen LogP contribution in [-0.4, -0.2) is 28.8 Å². The van der Waals surface area contributed by atoms with Gasteiger partial charge in [0.2, 0.25) is 11.8 Å². The summed E-state index contributed by atoms with van der Waals surface area (Å²) in [5.41, 5.74) is -0.165. The van der Waals surface area contributed by atoms with Crippen LogP contribution in [0.1, 0.15) is 45.6 Å². The average Bonchev–Trinajstić information content (AvgIpc) is 2.76. The number of nitrogens with zero attached hydrogens (tertiary/aromatic N) is 1. The molecule has 1 aromatic rings. The van der Waals surface area contributed by atoms with Gasteiger partial charge in [0.25, 0.3) is 0 Å². The van der Waals surface area contributed by atoms with Gasteiger partial charge >= 0.3 is 0 Å². The third-order valence-electron chi connectivity index (χ3n) is 4.45. The Kier molecular flexibility index (Phi) is 5.39. The fourth-order valence-corrected chi connectivity index (χ4v) is 2.88. The van der Waals surface area contributed by atoms with E-state index in [2.05, 4.69) is 19.2 Å². The van der Waals surface area contributed by atoms with E-state index in [9.17, 15) is 14.0 Å². The van der Waals surface area contributed by atoms with Gasteiger partial charge < -0.3 is 10.2 Å². The number of hydrogen-bond acceptors (Lipinski definition) is 2.